The van der Waals surface area contributed by atoms with Gasteiger partial charge in [-0.25, -0.2) is 0 Å². The summed E-state index contributed by atoms with van der Waals surface area (Å²) < 4.78 is 5.89. The maximum atomic E-state index is 5.89. The molecule has 1 atom stereocenters. The molecule has 1 unspecified atom stereocenters. The summed E-state index contributed by atoms with van der Waals surface area (Å²) >= 11 is 0. The molecule has 0 bridgehead atoms. The summed E-state index contributed by atoms with van der Waals surface area (Å²) in [6.45, 7) is 14.5. The minimum absolute atomic E-state index is 0.313. The topological polar surface area (TPSA) is 9.23 Å². The van der Waals surface area contributed by atoms with E-state index in [0.29, 0.717) is 6.10 Å². The Kier molecular flexibility index (Phi) is 16.1. The van der Waals surface area contributed by atoms with Gasteiger partial charge in [-0.15, -0.1) is 0 Å². The molecule has 0 spiro atoms. The van der Waals surface area contributed by atoms with Gasteiger partial charge in [0.15, 0.2) is 0 Å². The number of hydrogen-bond donors (Lipinski definition) is 0. The van der Waals surface area contributed by atoms with Gasteiger partial charge in [0.1, 0.15) is 5.75 Å². The fourth-order valence-corrected chi connectivity index (χ4v) is 1.49. The number of ether oxygens (including phenoxy) is 1. The quantitative estimate of drug-likeness (QED) is 0.590. The van der Waals surface area contributed by atoms with E-state index in [4.69, 9.17) is 4.74 Å². The number of para-hydroxylation sites is 1. The summed E-state index contributed by atoms with van der Waals surface area (Å²) in [6.07, 6.45) is 4.97. The first-order valence-electron chi connectivity index (χ1n) is 8.02. The lowest BCUT2D eigenvalue weighted by atomic mass is 10.1. The zero-order valence-corrected chi connectivity index (χ0v) is 14.1. The summed E-state index contributed by atoms with van der Waals surface area (Å²) in [5, 5.41) is 0. The Morgan fingerprint density at radius 1 is 1.00 bits per heavy atom. The van der Waals surface area contributed by atoms with Gasteiger partial charge in [0, 0.05) is 0 Å². The van der Waals surface area contributed by atoms with Gasteiger partial charge in [0.2, 0.25) is 0 Å². The lowest BCUT2D eigenvalue weighted by Gasteiger charge is -2.15. The molecule has 0 aromatic heterocycles. The molecule has 0 N–H and O–H groups in total. The summed E-state index contributed by atoms with van der Waals surface area (Å²) in [5.74, 6) is 1.07. The van der Waals surface area contributed by atoms with Gasteiger partial charge in [-0.2, -0.15) is 0 Å². The summed E-state index contributed by atoms with van der Waals surface area (Å²) in [5.41, 5.74) is 1.35. The minimum Gasteiger partial charge on any atom is -0.490 e. The molecule has 0 aliphatic rings. The molecule has 0 amide bonds. The Labute approximate surface area is 121 Å². The predicted octanol–water partition coefficient (Wildman–Crippen LogP) is 6.26. The molecule has 1 aromatic carbocycles. The van der Waals surface area contributed by atoms with Crippen LogP contribution in [0, 0.1) is 0 Å². The standard InChI is InChI=1S/C14H22O.2C2H6/c1-4-6-9-13-10-7-8-11-14(13)15-12(3)5-2;2*1-2/h7-8,10-12H,4-6,9H2,1-3H3;2*1-2H3. The van der Waals surface area contributed by atoms with Crippen LogP contribution >= 0.6 is 0 Å². The van der Waals surface area contributed by atoms with E-state index in [1.54, 1.807) is 0 Å². The largest absolute Gasteiger partial charge is 0.490 e. The van der Waals surface area contributed by atoms with Gasteiger partial charge in [-0.1, -0.05) is 66.2 Å². The third kappa shape index (κ3) is 9.58. The molecule has 0 fully saturated rings. The Hall–Kier alpha value is -0.980. The van der Waals surface area contributed by atoms with Gasteiger partial charge in [-0.3, -0.25) is 0 Å². The van der Waals surface area contributed by atoms with Gasteiger partial charge >= 0.3 is 0 Å². The third-order valence-corrected chi connectivity index (χ3v) is 2.68. The van der Waals surface area contributed by atoms with Crippen molar-refractivity contribution < 1.29 is 4.74 Å². The maximum Gasteiger partial charge on any atom is 0.122 e. The molecule has 0 aliphatic carbocycles. The van der Waals surface area contributed by atoms with Crippen molar-refractivity contribution in [3.8, 4) is 5.75 Å². The number of aryl methyl sites for hydroxylation is 1. The first kappa shape index (κ1) is 20.3. The van der Waals surface area contributed by atoms with Crippen molar-refractivity contribution in [3.63, 3.8) is 0 Å². The molecule has 1 rings (SSSR count). The third-order valence-electron chi connectivity index (χ3n) is 2.68. The van der Waals surface area contributed by atoms with E-state index in [-0.39, 0.29) is 0 Å². The Bertz CT molecular complexity index is 281. The second-order valence-corrected chi connectivity index (χ2v) is 4.05. The van der Waals surface area contributed by atoms with Crippen LogP contribution in [-0.2, 0) is 6.42 Å². The zero-order chi connectivity index (χ0) is 15.1. The molecule has 112 valence electrons. The highest BCUT2D eigenvalue weighted by atomic mass is 16.5. The summed E-state index contributed by atoms with van der Waals surface area (Å²) in [4.78, 5) is 0. The van der Waals surface area contributed by atoms with Crippen LogP contribution in [0.15, 0.2) is 24.3 Å². The van der Waals surface area contributed by atoms with E-state index in [2.05, 4.69) is 39.0 Å². The molecule has 0 heterocycles. The van der Waals surface area contributed by atoms with E-state index in [0.717, 1.165) is 18.6 Å². The van der Waals surface area contributed by atoms with Crippen molar-refractivity contribution in [3.05, 3.63) is 29.8 Å². The van der Waals surface area contributed by atoms with Crippen LogP contribution in [0.5, 0.6) is 5.75 Å². The van der Waals surface area contributed by atoms with Crippen LogP contribution in [0.4, 0.5) is 0 Å². The van der Waals surface area contributed by atoms with E-state index >= 15 is 0 Å². The summed E-state index contributed by atoms with van der Waals surface area (Å²) in [7, 11) is 0. The first-order chi connectivity index (χ1) is 9.27. The van der Waals surface area contributed by atoms with Crippen molar-refractivity contribution in [2.45, 2.75) is 80.3 Å². The van der Waals surface area contributed by atoms with Crippen LogP contribution in [-0.4, -0.2) is 6.10 Å². The fourth-order valence-electron chi connectivity index (χ4n) is 1.49. The van der Waals surface area contributed by atoms with Crippen molar-refractivity contribution in [1.82, 2.24) is 0 Å². The molecule has 1 nitrogen and oxygen atoms in total. The molecule has 0 radical (unpaired) electrons. The van der Waals surface area contributed by atoms with Crippen LogP contribution < -0.4 is 4.74 Å². The Balaban J connectivity index is 0. The van der Waals surface area contributed by atoms with Gasteiger partial charge in [0.05, 0.1) is 6.10 Å². The Morgan fingerprint density at radius 2 is 1.58 bits per heavy atom. The van der Waals surface area contributed by atoms with Crippen molar-refractivity contribution in [2.75, 3.05) is 0 Å². The SMILES string of the molecule is CC.CC.CCCCc1ccccc1OC(C)CC. The van der Waals surface area contributed by atoms with Gasteiger partial charge < -0.3 is 4.74 Å². The van der Waals surface area contributed by atoms with Crippen LogP contribution in [0.1, 0.15) is 73.3 Å². The minimum atomic E-state index is 0.313. The van der Waals surface area contributed by atoms with Gasteiger partial charge in [0.25, 0.3) is 0 Å². The normalized spacial score (nSPS) is 10.5. The molecule has 0 saturated heterocycles. The highest BCUT2D eigenvalue weighted by molar-refractivity contribution is 5.33. The lowest BCUT2D eigenvalue weighted by molar-refractivity contribution is 0.215. The molecule has 1 aromatic rings. The lowest BCUT2D eigenvalue weighted by Crippen LogP contribution is -2.11. The second-order valence-electron chi connectivity index (χ2n) is 4.05. The number of benzene rings is 1. The number of rotatable bonds is 6. The average Bonchev–Trinajstić information content (AvgIpc) is 2.50. The van der Waals surface area contributed by atoms with Crippen LogP contribution in [0.2, 0.25) is 0 Å². The molecular weight excluding hydrogens is 232 g/mol. The molecule has 1 heteroatoms. The van der Waals surface area contributed by atoms with E-state index < -0.39 is 0 Å². The molecule has 19 heavy (non-hydrogen) atoms. The monoisotopic (exact) mass is 266 g/mol. The second kappa shape index (κ2) is 15.1. The zero-order valence-electron chi connectivity index (χ0n) is 14.1. The number of unbranched alkanes of at least 4 members (excludes halogenated alkanes) is 1. The molecular formula is C18H34O. The van der Waals surface area contributed by atoms with E-state index in [1.807, 2.05) is 33.8 Å². The fraction of sp³-hybridized carbons (Fsp3) is 0.667. The van der Waals surface area contributed by atoms with E-state index in [1.165, 1.54) is 18.4 Å². The smallest absolute Gasteiger partial charge is 0.122 e. The van der Waals surface area contributed by atoms with Crippen LogP contribution in [0.25, 0.3) is 0 Å². The summed E-state index contributed by atoms with van der Waals surface area (Å²) in [6, 6.07) is 8.39. The molecule has 0 saturated carbocycles. The predicted molar refractivity (Wildman–Crippen MR) is 88.1 cm³/mol. The highest BCUT2D eigenvalue weighted by Crippen LogP contribution is 2.21. The van der Waals surface area contributed by atoms with Crippen molar-refractivity contribution in [1.29, 1.82) is 0 Å². The maximum absolute atomic E-state index is 5.89. The number of hydrogen-bond acceptors (Lipinski definition) is 1. The molecule has 0 aliphatic heterocycles. The van der Waals surface area contributed by atoms with Gasteiger partial charge in [-0.05, 0) is 37.8 Å². The van der Waals surface area contributed by atoms with E-state index in [9.17, 15) is 0 Å². The highest BCUT2D eigenvalue weighted by Gasteiger charge is 2.05. The first-order valence-corrected chi connectivity index (χ1v) is 8.02. The van der Waals surface area contributed by atoms with Crippen molar-refractivity contribution >= 4 is 0 Å². The van der Waals surface area contributed by atoms with Crippen LogP contribution in [0.3, 0.4) is 0 Å². The van der Waals surface area contributed by atoms with Crippen molar-refractivity contribution in [2.24, 2.45) is 0 Å². The average molecular weight is 266 g/mol. The Morgan fingerprint density at radius 3 is 2.11 bits per heavy atom.